The lowest BCUT2D eigenvalue weighted by molar-refractivity contribution is -0.129. The maximum absolute atomic E-state index is 14.0. The summed E-state index contributed by atoms with van der Waals surface area (Å²) in [6, 6.07) is 4.55. The summed E-state index contributed by atoms with van der Waals surface area (Å²) in [6.45, 7) is 2.26. The van der Waals surface area contributed by atoms with E-state index in [1.165, 1.54) is 21.9 Å². The minimum Gasteiger partial charge on any atom is -0.347 e. The summed E-state index contributed by atoms with van der Waals surface area (Å²) in [5, 5.41) is 0. The van der Waals surface area contributed by atoms with Crippen molar-refractivity contribution in [1.82, 2.24) is 9.80 Å². The smallest absolute Gasteiger partial charge is 0.257 e. The third-order valence-corrected chi connectivity index (χ3v) is 3.40. The van der Waals surface area contributed by atoms with E-state index in [0.29, 0.717) is 13.0 Å². The molecule has 0 aliphatic rings. The summed E-state index contributed by atoms with van der Waals surface area (Å²) >= 11 is 3.06. The van der Waals surface area contributed by atoms with Crippen LogP contribution in [0.2, 0.25) is 0 Å². The zero-order chi connectivity index (χ0) is 15.3. The van der Waals surface area contributed by atoms with Crippen LogP contribution >= 0.6 is 15.9 Å². The van der Waals surface area contributed by atoms with Gasteiger partial charge in [0.15, 0.2) is 0 Å². The Labute approximate surface area is 126 Å². The van der Waals surface area contributed by atoms with Crippen LogP contribution in [0.5, 0.6) is 0 Å². The Kier molecular flexibility index (Phi) is 6.13. The van der Waals surface area contributed by atoms with Gasteiger partial charge < -0.3 is 9.80 Å². The van der Waals surface area contributed by atoms with Crippen LogP contribution in [0, 0.1) is 5.82 Å². The normalized spacial score (nSPS) is 10.2. The Morgan fingerprint density at radius 2 is 1.95 bits per heavy atom. The molecule has 0 bridgehead atoms. The fourth-order valence-corrected chi connectivity index (χ4v) is 2.03. The van der Waals surface area contributed by atoms with Gasteiger partial charge in [-0.3, -0.25) is 9.59 Å². The lowest BCUT2D eigenvalue weighted by atomic mass is 10.1. The van der Waals surface area contributed by atoms with E-state index in [4.69, 9.17) is 0 Å². The summed E-state index contributed by atoms with van der Waals surface area (Å²) in [7, 11) is 3.24. The maximum atomic E-state index is 14.0. The molecule has 110 valence electrons. The molecule has 1 aromatic rings. The molecule has 0 aliphatic heterocycles. The zero-order valence-electron chi connectivity index (χ0n) is 11.8. The standard InChI is InChI=1S/C14H18BrFN2O2/c1-4-8-18(9-12(19)17(2)3)14(20)10-6-5-7-11(15)13(10)16/h5-7H,4,8-9H2,1-3H3. The lowest BCUT2D eigenvalue weighted by Gasteiger charge is -2.23. The van der Waals surface area contributed by atoms with Crippen molar-refractivity contribution in [1.29, 1.82) is 0 Å². The molecule has 0 heterocycles. The molecule has 0 N–H and O–H groups in total. The van der Waals surface area contributed by atoms with Crippen molar-refractivity contribution in [2.45, 2.75) is 13.3 Å². The van der Waals surface area contributed by atoms with Crippen molar-refractivity contribution in [3.05, 3.63) is 34.1 Å². The molecule has 0 radical (unpaired) electrons. The molecule has 0 fully saturated rings. The Morgan fingerprint density at radius 1 is 1.30 bits per heavy atom. The number of carbonyl (C=O) groups is 2. The van der Waals surface area contributed by atoms with Gasteiger partial charge in [-0.05, 0) is 34.5 Å². The van der Waals surface area contributed by atoms with Crippen molar-refractivity contribution in [3.8, 4) is 0 Å². The molecule has 1 rings (SSSR count). The van der Waals surface area contributed by atoms with E-state index >= 15 is 0 Å². The number of hydrogen-bond acceptors (Lipinski definition) is 2. The van der Waals surface area contributed by atoms with Crippen LogP contribution in [0.4, 0.5) is 4.39 Å². The van der Waals surface area contributed by atoms with Crippen LogP contribution in [0.15, 0.2) is 22.7 Å². The van der Waals surface area contributed by atoms with Crippen LogP contribution in [0.3, 0.4) is 0 Å². The molecule has 20 heavy (non-hydrogen) atoms. The second-order valence-corrected chi connectivity index (χ2v) is 5.47. The van der Waals surface area contributed by atoms with E-state index in [1.54, 1.807) is 20.2 Å². The summed E-state index contributed by atoms with van der Waals surface area (Å²) in [5.74, 6) is -1.26. The quantitative estimate of drug-likeness (QED) is 0.823. The third kappa shape index (κ3) is 4.03. The minimum atomic E-state index is -0.601. The first-order valence-corrected chi connectivity index (χ1v) is 7.11. The average molecular weight is 345 g/mol. The van der Waals surface area contributed by atoms with Gasteiger partial charge in [-0.15, -0.1) is 0 Å². The molecule has 4 nitrogen and oxygen atoms in total. The lowest BCUT2D eigenvalue weighted by Crippen LogP contribution is -2.41. The first-order valence-electron chi connectivity index (χ1n) is 6.31. The van der Waals surface area contributed by atoms with E-state index in [0.717, 1.165) is 0 Å². The molecule has 6 heteroatoms. The number of carbonyl (C=O) groups excluding carboxylic acids is 2. The van der Waals surface area contributed by atoms with Crippen LogP contribution < -0.4 is 0 Å². The molecule has 0 atom stereocenters. The Bertz CT molecular complexity index is 506. The second-order valence-electron chi connectivity index (χ2n) is 4.62. The molecule has 2 amide bonds. The fraction of sp³-hybridized carbons (Fsp3) is 0.429. The van der Waals surface area contributed by atoms with E-state index in [2.05, 4.69) is 15.9 Å². The summed E-state index contributed by atoms with van der Waals surface area (Å²) in [6.07, 6.45) is 0.696. The number of benzene rings is 1. The summed E-state index contributed by atoms with van der Waals surface area (Å²) < 4.78 is 14.2. The Hall–Kier alpha value is -1.43. The highest BCUT2D eigenvalue weighted by atomic mass is 79.9. The first-order chi connectivity index (χ1) is 9.38. The third-order valence-electron chi connectivity index (χ3n) is 2.79. The number of rotatable bonds is 5. The van der Waals surface area contributed by atoms with Crippen LogP contribution in [0.1, 0.15) is 23.7 Å². The minimum absolute atomic E-state index is 0.0284. The van der Waals surface area contributed by atoms with Gasteiger partial charge in [-0.2, -0.15) is 0 Å². The average Bonchev–Trinajstić information content (AvgIpc) is 2.40. The highest BCUT2D eigenvalue weighted by Crippen LogP contribution is 2.20. The number of amides is 2. The second kappa shape index (κ2) is 7.38. The molecule has 0 saturated carbocycles. The Balaban J connectivity index is 2.99. The van der Waals surface area contributed by atoms with E-state index in [1.807, 2.05) is 6.92 Å². The van der Waals surface area contributed by atoms with E-state index < -0.39 is 11.7 Å². The molecular weight excluding hydrogens is 327 g/mol. The SMILES string of the molecule is CCCN(CC(=O)N(C)C)C(=O)c1cccc(Br)c1F. The number of hydrogen-bond donors (Lipinski definition) is 0. The van der Waals surface area contributed by atoms with E-state index in [-0.39, 0.29) is 22.5 Å². The predicted octanol–water partition coefficient (Wildman–Crippen LogP) is 2.53. The van der Waals surface area contributed by atoms with Gasteiger partial charge in [0.05, 0.1) is 10.0 Å². The van der Waals surface area contributed by atoms with Crippen LogP contribution in [-0.2, 0) is 4.79 Å². The molecule has 0 saturated heterocycles. The van der Waals surface area contributed by atoms with E-state index in [9.17, 15) is 14.0 Å². The maximum Gasteiger partial charge on any atom is 0.257 e. The Morgan fingerprint density at radius 3 is 2.50 bits per heavy atom. The van der Waals surface area contributed by atoms with Crippen molar-refractivity contribution < 1.29 is 14.0 Å². The van der Waals surface area contributed by atoms with Gasteiger partial charge >= 0.3 is 0 Å². The fourth-order valence-electron chi connectivity index (χ4n) is 1.67. The molecule has 0 unspecified atom stereocenters. The van der Waals surface area contributed by atoms with Gasteiger partial charge in [0.25, 0.3) is 5.91 Å². The highest BCUT2D eigenvalue weighted by Gasteiger charge is 2.22. The molecule has 0 spiro atoms. The monoisotopic (exact) mass is 344 g/mol. The first kappa shape index (κ1) is 16.6. The number of halogens is 2. The van der Waals surface area contributed by atoms with Crippen LogP contribution in [-0.4, -0.2) is 48.8 Å². The van der Waals surface area contributed by atoms with Gasteiger partial charge in [-0.1, -0.05) is 13.0 Å². The topological polar surface area (TPSA) is 40.6 Å². The number of likely N-dealkylation sites (N-methyl/N-ethyl adjacent to an activating group) is 1. The molecule has 0 aliphatic carbocycles. The van der Waals surface area contributed by atoms with Crippen molar-refractivity contribution in [2.24, 2.45) is 0 Å². The van der Waals surface area contributed by atoms with Gasteiger partial charge in [0.1, 0.15) is 12.4 Å². The van der Waals surface area contributed by atoms with Gasteiger partial charge in [0, 0.05) is 20.6 Å². The predicted molar refractivity (Wildman–Crippen MR) is 79.0 cm³/mol. The molecule has 1 aromatic carbocycles. The largest absolute Gasteiger partial charge is 0.347 e. The van der Waals surface area contributed by atoms with Gasteiger partial charge in [-0.25, -0.2) is 4.39 Å². The van der Waals surface area contributed by atoms with Crippen molar-refractivity contribution in [2.75, 3.05) is 27.2 Å². The number of nitrogens with zero attached hydrogens (tertiary/aromatic N) is 2. The summed E-state index contributed by atoms with van der Waals surface area (Å²) in [5.41, 5.74) is -0.0284. The van der Waals surface area contributed by atoms with Crippen molar-refractivity contribution >= 4 is 27.7 Å². The van der Waals surface area contributed by atoms with Crippen molar-refractivity contribution in [3.63, 3.8) is 0 Å². The molecule has 0 aromatic heterocycles. The van der Waals surface area contributed by atoms with Gasteiger partial charge in [0.2, 0.25) is 5.91 Å². The molecular formula is C14H18BrFN2O2. The van der Waals surface area contributed by atoms with Crippen LogP contribution in [0.25, 0.3) is 0 Å². The highest BCUT2D eigenvalue weighted by molar-refractivity contribution is 9.10. The zero-order valence-corrected chi connectivity index (χ0v) is 13.4. The summed E-state index contributed by atoms with van der Waals surface area (Å²) in [4.78, 5) is 26.9.